The van der Waals surface area contributed by atoms with Gasteiger partial charge in [-0.3, -0.25) is 4.79 Å². The molecule has 3 N–H and O–H groups in total. The predicted molar refractivity (Wildman–Crippen MR) is 77.8 cm³/mol. The van der Waals surface area contributed by atoms with Gasteiger partial charge >= 0.3 is 6.18 Å². The largest absolute Gasteiger partial charge is 0.397 e. The van der Waals surface area contributed by atoms with Gasteiger partial charge in [-0.2, -0.15) is 13.2 Å². The van der Waals surface area contributed by atoms with Crippen LogP contribution in [0.4, 0.5) is 18.3 Å². The first-order chi connectivity index (χ1) is 10.3. The Morgan fingerprint density at radius 1 is 1.41 bits per heavy atom. The summed E-state index contributed by atoms with van der Waals surface area (Å²) in [6.45, 7) is 1.30. The van der Waals surface area contributed by atoms with Crippen LogP contribution in [0.25, 0.3) is 10.4 Å². The summed E-state index contributed by atoms with van der Waals surface area (Å²) in [5.41, 5.74) is 6.95. The van der Waals surface area contributed by atoms with Gasteiger partial charge in [0, 0.05) is 12.1 Å². The maximum atomic E-state index is 13.2. The fourth-order valence-electron chi connectivity index (χ4n) is 2.58. The zero-order valence-corrected chi connectivity index (χ0v) is 12.3. The summed E-state index contributed by atoms with van der Waals surface area (Å²) in [4.78, 5) is 16.6. The number of nitrogens with one attached hydrogen (secondary N) is 1. The van der Waals surface area contributed by atoms with Crippen molar-refractivity contribution < 1.29 is 18.0 Å². The minimum absolute atomic E-state index is 0.000112. The lowest BCUT2D eigenvalue weighted by Gasteiger charge is -2.28. The van der Waals surface area contributed by atoms with E-state index in [9.17, 15) is 18.0 Å². The van der Waals surface area contributed by atoms with Gasteiger partial charge < -0.3 is 11.1 Å². The second-order valence-electron chi connectivity index (χ2n) is 5.07. The first-order valence-corrected chi connectivity index (χ1v) is 7.31. The van der Waals surface area contributed by atoms with Gasteiger partial charge in [0.1, 0.15) is 0 Å². The molecule has 0 spiro atoms. The SMILES string of the molecule is Cc1nc(N)sc1-c1ccc2c(c1)C(C(F)(F)F)CNC2=O. The monoisotopic (exact) mass is 327 g/mol. The summed E-state index contributed by atoms with van der Waals surface area (Å²) in [5, 5.41) is 2.64. The molecule has 1 aliphatic rings. The molecule has 1 aromatic carbocycles. The number of hydrogen-bond donors (Lipinski definition) is 2. The highest BCUT2D eigenvalue weighted by molar-refractivity contribution is 7.18. The maximum Gasteiger partial charge on any atom is 0.397 e. The molecule has 0 aliphatic carbocycles. The number of nitrogens with zero attached hydrogens (tertiary/aromatic N) is 1. The zero-order valence-electron chi connectivity index (χ0n) is 11.5. The van der Waals surface area contributed by atoms with Crippen molar-refractivity contribution in [1.29, 1.82) is 0 Å². The van der Waals surface area contributed by atoms with E-state index in [1.165, 1.54) is 23.5 Å². The number of thiazole rings is 1. The summed E-state index contributed by atoms with van der Waals surface area (Å²) < 4.78 is 39.6. The molecule has 1 atom stereocenters. The Balaban J connectivity index is 2.15. The molecule has 8 heteroatoms. The first-order valence-electron chi connectivity index (χ1n) is 6.49. The van der Waals surface area contributed by atoms with Crippen LogP contribution in [-0.2, 0) is 0 Å². The van der Waals surface area contributed by atoms with E-state index in [2.05, 4.69) is 10.3 Å². The Hall–Kier alpha value is -2.09. The van der Waals surface area contributed by atoms with Crippen molar-refractivity contribution in [3.8, 4) is 10.4 Å². The number of carbonyl (C=O) groups excluding carboxylic acids is 1. The smallest absolute Gasteiger partial charge is 0.375 e. The molecule has 0 saturated heterocycles. The van der Waals surface area contributed by atoms with Gasteiger partial charge in [0.05, 0.1) is 16.5 Å². The van der Waals surface area contributed by atoms with E-state index in [-0.39, 0.29) is 11.1 Å². The Bertz CT molecular complexity index is 754. The molecule has 4 nitrogen and oxygen atoms in total. The lowest BCUT2D eigenvalue weighted by molar-refractivity contribution is -0.149. The molecule has 2 aromatic rings. The van der Waals surface area contributed by atoms with Crippen LogP contribution >= 0.6 is 11.3 Å². The molecule has 0 fully saturated rings. The molecule has 1 unspecified atom stereocenters. The molecule has 1 aromatic heterocycles. The number of aromatic nitrogens is 1. The Labute approximate surface area is 128 Å². The van der Waals surface area contributed by atoms with Crippen molar-refractivity contribution in [1.82, 2.24) is 10.3 Å². The number of alkyl halides is 3. The third-order valence-electron chi connectivity index (χ3n) is 3.61. The van der Waals surface area contributed by atoms with E-state index in [1.54, 1.807) is 13.0 Å². The molecule has 0 saturated carbocycles. The normalized spacial score (nSPS) is 18.0. The van der Waals surface area contributed by atoms with Crippen molar-refractivity contribution in [2.24, 2.45) is 0 Å². The molecular weight excluding hydrogens is 315 g/mol. The average molecular weight is 327 g/mol. The van der Waals surface area contributed by atoms with Crippen molar-refractivity contribution in [3.05, 3.63) is 35.0 Å². The number of aryl methyl sites for hydroxylation is 1. The highest BCUT2D eigenvalue weighted by Gasteiger charge is 2.44. The van der Waals surface area contributed by atoms with Gasteiger partial charge in [0.25, 0.3) is 5.91 Å². The van der Waals surface area contributed by atoms with E-state index in [0.717, 1.165) is 0 Å². The molecule has 0 radical (unpaired) electrons. The number of rotatable bonds is 1. The first kappa shape index (κ1) is 14.8. The van der Waals surface area contributed by atoms with Crippen molar-refractivity contribution in [2.45, 2.75) is 19.0 Å². The number of fused-ring (bicyclic) bond motifs is 1. The lowest BCUT2D eigenvalue weighted by atomic mass is 9.88. The highest BCUT2D eigenvalue weighted by atomic mass is 32.1. The Kier molecular flexibility index (Phi) is 3.36. The summed E-state index contributed by atoms with van der Waals surface area (Å²) >= 11 is 1.21. The van der Waals surface area contributed by atoms with E-state index < -0.39 is 24.5 Å². The molecule has 116 valence electrons. The minimum atomic E-state index is -4.41. The maximum absolute atomic E-state index is 13.2. The summed E-state index contributed by atoms with van der Waals surface area (Å²) in [6.07, 6.45) is -4.41. The molecule has 1 aliphatic heterocycles. The topological polar surface area (TPSA) is 68.0 Å². The highest BCUT2D eigenvalue weighted by Crippen LogP contribution is 2.40. The van der Waals surface area contributed by atoms with Crippen LogP contribution in [0.2, 0.25) is 0 Å². The van der Waals surface area contributed by atoms with Crippen LogP contribution < -0.4 is 11.1 Å². The number of benzene rings is 1. The van der Waals surface area contributed by atoms with Crippen LogP contribution in [0, 0.1) is 6.92 Å². The number of amides is 1. The molecule has 22 heavy (non-hydrogen) atoms. The summed E-state index contributed by atoms with van der Waals surface area (Å²) in [7, 11) is 0. The number of halogens is 3. The number of hydrogen-bond acceptors (Lipinski definition) is 4. The molecule has 0 bridgehead atoms. The fourth-order valence-corrected chi connectivity index (χ4v) is 3.41. The van der Waals surface area contributed by atoms with Crippen LogP contribution in [0.3, 0.4) is 0 Å². The van der Waals surface area contributed by atoms with E-state index in [4.69, 9.17) is 5.73 Å². The minimum Gasteiger partial charge on any atom is -0.375 e. The second kappa shape index (κ2) is 4.98. The van der Waals surface area contributed by atoms with Crippen LogP contribution in [0.15, 0.2) is 18.2 Å². The van der Waals surface area contributed by atoms with Gasteiger partial charge in [0.15, 0.2) is 5.13 Å². The predicted octanol–water partition coefficient (Wildman–Crippen LogP) is 3.09. The van der Waals surface area contributed by atoms with Gasteiger partial charge in [-0.25, -0.2) is 4.98 Å². The van der Waals surface area contributed by atoms with Gasteiger partial charge in [-0.1, -0.05) is 17.4 Å². The van der Waals surface area contributed by atoms with E-state index in [0.29, 0.717) is 21.3 Å². The molecule has 1 amide bonds. The summed E-state index contributed by atoms with van der Waals surface area (Å²) in [5.74, 6) is -2.19. The Morgan fingerprint density at radius 2 is 2.14 bits per heavy atom. The average Bonchev–Trinajstić information content (AvgIpc) is 2.76. The van der Waals surface area contributed by atoms with E-state index >= 15 is 0 Å². The number of nitrogens with two attached hydrogens (primary N) is 1. The van der Waals surface area contributed by atoms with Gasteiger partial charge in [-0.05, 0) is 30.2 Å². The van der Waals surface area contributed by atoms with Crippen molar-refractivity contribution in [3.63, 3.8) is 0 Å². The van der Waals surface area contributed by atoms with Gasteiger partial charge in [0.2, 0.25) is 0 Å². The third kappa shape index (κ3) is 2.43. The Morgan fingerprint density at radius 3 is 2.73 bits per heavy atom. The standard InChI is InChI=1S/C14H12F3N3OS/c1-6-11(22-13(18)20-6)7-2-3-8-9(4-7)10(14(15,16)17)5-19-12(8)21/h2-4,10H,5H2,1H3,(H2,18,20)(H,19,21). The molecular formula is C14H12F3N3OS. The second-order valence-corrected chi connectivity index (χ2v) is 6.10. The molecule has 2 heterocycles. The fraction of sp³-hybridized carbons (Fsp3) is 0.286. The van der Waals surface area contributed by atoms with Crippen LogP contribution in [0.1, 0.15) is 27.5 Å². The van der Waals surface area contributed by atoms with E-state index in [1.807, 2.05) is 0 Å². The van der Waals surface area contributed by atoms with Crippen LogP contribution in [-0.4, -0.2) is 23.6 Å². The number of carbonyl (C=O) groups is 1. The number of anilines is 1. The van der Waals surface area contributed by atoms with Crippen molar-refractivity contribution in [2.75, 3.05) is 12.3 Å². The quantitative estimate of drug-likeness (QED) is 0.846. The van der Waals surface area contributed by atoms with Crippen molar-refractivity contribution >= 4 is 22.4 Å². The van der Waals surface area contributed by atoms with Gasteiger partial charge in [-0.15, -0.1) is 0 Å². The number of nitrogen functional groups attached to an aromatic ring is 1. The molecule has 3 rings (SSSR count). The summed E-state index contributed by atoms with van der Waals surface area (Å²) in [6, 6.07) is 4.47. The zero-order chi connectivity index (χ0) is 16.1. The third-order valence-corrected chi connectivity index (χ3v) is 4.64. The van der Waals surface area contributed by atoms with Crippen LogP contribution in [0.5, 0.6) is 0 Å². The lowest BCUT2D eigenvalue weighted by Crippen LogP contribution is -2.40.